The van der Waals surface area contributed by atoms with Gasteiger partial charge < -0.3 is 15.0 Å². The van der Waals surface area contributed by atoms with Gasteiger partial charge in [0.1, 0.15) is 11.8 Å². The molecule has 0 saturated carbocycles. The number of ether oxygens (including phenoxy) is 1. The van der Waals surface area contributed by atoms with Crippen molar-refractivity contribution in [2.75, 3.05) is 16.9 Å². The van der Waals surface area contributed by atoms with E-state index in [-0.39, 0.29) is 11.7 Å². The van der Waals surface area contributed by atoms with Crippen LogP contribution < -0.4 is 10.1 Å². The Morgan fingerprint density at radius 1 is 1.24 bits per heavy atom. The molecule has 6 nitrogen and oxygen atoms in total. The molecule has 1 saturated heterocycles. The third-order valence-corrected chi connectivity index (χ3v) is 5.31. The summed E-state index contributed by atoms with van der Waals surface area (Å²) in [6.45, 7) is 1.49. The predicted molar refractivity (Wildman–Crippen MR) is 104 cm³/mol. The predicted octanol–water partition coefficient (Wildman–Crippen LogP) is 3.14. The molecule has 3 rings (SSSR count). The summed E-state index contributed by atoms with van der Waals surface area (Å²) in [6.07, 6.45) is -0.983. The highest BCUT2D eigenvalue weighted by atomic mass is 32.2. The maximum Gasteiger partial charge on any atom is 0.264 e. The molecule has 29 heavy (non-hydrogen) atoms. The Labute approximate surface area is 170 Å². The van der Waals surface area contributed by atoms with Crippen LogP contribution in [0.5, 0.6) is 5.75 Å². The van der Waals surface area contributed by atoms with Gasteiger partial charge >= 0.3 is 0 Å². The molecule has 2 atom stereocenters. The SMILES string of the molecule is CC(Oc1ccc(F)c(F)c1)C(=O)N1CSCC1C(=O)Nc1ccc(C#N)cc1. The van der Waals surface area contributed by atoms with Crippen molar-refractivity contribution < 1.29 is 23.1 Å². The second-order valence-corrected chi connectivity index (χ2v) is 7.34. The highest BCUT2D eigenvalue weighted by Gasteiger charge is 2.37. The van der Waals surface area contributed by atoms with E-state index < -0.39 is 29.7 Å². The van der Waals surface area contributed by atoms with Gasteiger partial charge in [-0.2, -0.15) is 5.26 Å². The van der Waals surface area contributed by atoms with Crippen molar-refractivity contribution in [3.8, 4) is 11.8 Å². The number of anilines is 1. The summed E-state index contributed by atoms with van der Waals surface area (Å²) < 4.78 is 31.8. The lowest BCUT2D eigenvalue weighted by Gasteiger charge is -2.26. The van der Waals surface area contributed by atoms with Crippen LogP contribution in [0.2, 0.25) is 0 Å². The zero-order valence-corrected chi connectivity index (χ0v) is 16.2. The molecule has 2 aromatic carbocycles. The van der Waals surface area contributed by atoms with E-state index in [4.69, 9.17) is 10.00 Å². The fraction of sp³-hybridized carbons (Fsp3) is 0.250. The van der Waals surface area contributed by atoms with Crippen molar-refractivity contribution in [1.29, 1.82) is 5.26 Å². The van der Waals surface area contributed by atoms with Crippen LogP contribution in [-0.4, -0.2) is 40.5 Å². The lowest BCUT2D eigenvalue weighted by Crippen LogP contribution is -2.48. The van der Waals surface area contributed by atoms with Crippen LogP contribution in [0.15, 0.2) is 42.5 Å². The summed E-state index contributed by atoms with van der Waals surface area (Å²) in [4.78, 5) is 26.8. The van der Waals surface area contributed by atoms with Crippen LogP contribution in [-0.2, 0) is 9.59 Å². The molecule has 1 aliphatic rings. The van der Waals surface area contributed by atoms with Crippen molar-refractivity contribution in [2.45, 2.75) is 19.1 Å². The first-order chi connectivity index (χ1) is 13.9. The summed E-state index contributed by atoms with van der Waals surface area (Å²) in [5, 5.41) is 11.6. The van der Waals surface area contributed by atoms with Crippen molar-refractivity contribution >= 4 is 29.3 Å². The largest absolute Gasteiger partial charge is 0.481 e. The number of carbonyl (C=O) groups is 2. The first-order valence-electron chi connectivity index (χ1n) is 8.70. The van der Waals surface area contributed by atoms with Crippen LogP contribution in [0.1, 0.15) is 12.5 Å². The Kier molecular flexibility index (Phi) is 6.34. The summed E-state index contributed by atoms with van der Waals surface area (Å²) in [5.41, 5.74) is 0.990. The fourth-order valence-electron chi connectivity index (χ4n) is 2.77. The summed E-state index contributed by atoms with van der Waals surface area (Å²) >= 11 is 1.43. The minimum atomic E-state index is -1.07. The maximum absolute atomic E-state index is 13.3. The van der Waals surface area contributed by atoms with E-state index in [1.807, 2.05) is 6.07 Å². The molecular formula is C20H17F2N3O3S. The van der Waals surface area contributed by atoms with E-state index >= 15 is 0 Å². The van der Waals surface area contributed by atoms with Crippen molar-refractivity contribution in [1.82, 2.24) is 4.90 Å². The van der Waals surface area contributed by atoms with Gasteiger partial charge in [-0.25, -0.2) is 8.78 Å². The first kappa shape index (κ1) is 20.6. The van der Waals surface area contributed by atoms with Gasteiger partial charge in [-0.1, -0.05) is 0 Å². The van der Waals surface area contributed by atoms with Crippen molar-refractivity contribution in [3.05, 3.63) is 59.7 Å². The molecule has 1 heterocycles. The summed E-state index contributed by atoms with van der Waals surface area (Å²) in [5.74, 6) is -2.10. The smallest absolute Gasteiger partial charge is 0.264 e. The molecule has 0 aliphatic carbocycles. The number of nitriles is 1. The second-order valence-electron chi connectivity index (χ2n) is 6.34. The van der Waals surface area contributed by atoms with Gasteiger partial charge in [0.05, 0.1) is 17.5 Å². The van der Waals surface area contributed by atoms with E-state index in [9.17, 15) is 18.4 Å². The average Bonchev–Trinajstić information content (AvgIpc) is 3.20. The fourth-order valence-corrected chi connectivity index (χ4v) is 3.93. The molecular weight excluding hydrogens is 400 g/mol. The molecule has 1 fully saturated rings. The van der Waals surface area contributed by atoms with Crippen LogP contribution in [0.25, 0.3) is 0 Å². The van der Waals surface area contributed by atoms with E-state index in [2.05, 4.69) is 5.32 Å². The molecule has 150 valence electrons. The lowest BCUT2D eigenvalue weighted by atomic mass is 10.2. The number of benzene rings is 2. The van der Waals surface area contributed by atoms with Crippen LogP contribution >= 0.6 is 11.8 Å². The molecule has 1 N–H and O–H groups in total. The monoisotopic (exact) mass is 417 g/mol. The van der Waals surface area contributed by atoms with Crippen LogP contribution in [0, 0.1) is 23.0 Å². The number of hydrogen-bond donors (Lipinski definition) is 1. The molecule has 2 amide bonds. The van der Waals surface area contributed by atoms with E-state index in [0.717, 1.165) is 12.1 Å². The minimum absolute atomic E-state index is 0.0233. The first-order valence-corrected chi connectivity index (χ1v) is 9.85. The number of nitrogens with zero attached hydrogens (tertiary/aromatic N) is 2. The normalized spacial score (nSPS) is 16.8. The van der Waals surface area contributed by atoms with Gasteiger partial charge in [-0.15, -0.1) is 11.8 Å². The molecule has 0 radical (unpaired) electrons. The Morgan fingerprint density at radius 3 is 2.62 bits per heavy atom. The number of amides is 2. The average molecular weight is 417 g/mol. The van der Waals surface area contributed by atoms with E-state index in [0.29, 0.717) is 22.9 Å². The standard InChI is InChI=1S/C20H17F2N3O3S/c1-12(28-15-6-7-16(21)17(22)8-15)20(27)25-11-29-10-18(25)19(26)24-14-4-2-13(9-23)3-5-14/h2-8,12,18H,10-11H2,1H3,(H,24,26). The number of thioether (sulfide) groups is 1. The van der Waals surface area contributed by atoms with Gasteiger partial charge in [0.2, 0.25) is 5.91 Å². The number of hydrogen-bond acceptors (Lipinski definition) is 5. The highest BCUT2D eigenvalue weighted by Crippen LogP contribution is 2.25. The van der Waals surface area contributed by atoms with Gasteiger partial charge in [0, 0.05) is 17.5 Å². The molecule has 0 spiro atoms. The van der Waals surface area contributed by atoms with Gasteiger partial charge in [0.25, 0.3) is 5.91 Å². The lowest BCUT2D eigenvalue weighted by molar-refractivity contribution is -0.141. The van der Waals surface area contributed by atoms with Gasteiger partial charge in [-0.05, 0) is 43.3 Å². The Hall–Kier alpha value is -3.12. The van der Waals surface area contributed by atoms with Crippen LogP contribution in [0.4, 0.5) is 14.5 Å². The minimum Gasteiger partial charge on any atom is -0.481 e. The van der Waals surface area contributed by atoms with Crippen molar-refractivity contribution in [2.24, 2.45) is 0 Å². The second kappa shape index (κ2) is 8.92. The van der Waals surface area contributed by atoms with Gasteiger partial charge in [-0.3, -0.25) is 9.59 Å². The van der Waals surface area contributed by atoms with Crippen molar-refractivity contribution in [3.63, 3.8) is 0 Å². The Morgan fingerprint density at radius 2 is 1.97 bits per heavy atom. The number of halogens is 2. The number of rotatable bonds is 5. The Bertz CT molecular complexity index is 962. The molecule has 0 bridgehead atoms. The topological polar surface area (TPSA) is 82.4 Å². The zero-order valence-electron chi connectivity index (χ0n) is 15.4. The highest BCUT2D eigenvalue weighted by molar-refractivity contribution is 7.99. The molecule has 2 unspecified atom stereocenters. The third kappa shape index (κ3) is 4.84. The number of carbonyl (C=O) groups excluding carboxylic acids is 2. The summed E-state index contributed by atoms with van der Waals surface area (Å²) in [7, 11) is 0. The molecule has 0 aromatic heterocycles. The quantitative estimate of drug-likeness (QED) is 0.808. The number of nitrogens with one attached hydrogen (secondary N) is 1. The molecule has 2 aromatic rings. The summed E-state index contributed by atoms with van der Waals surface area (Å²) in [6, 6.07) is 10.7. The van der Waals surface area contributed by atoms with E-state index in [1.54, 1.807) is 24.3 Å². The van der Waals surface area contributed by atoms with Crippen LogP contribution in [0.3, 0.4) is 0 Å². The molecule has 9 heteroatoms. The third-order valence-electron chi connectivity index (χ3n) is 4.30. The van der Waals surface area contributed by atoms with Gasteiger partial charge in [0.15, 0.2) is 17.7 Å². The maximum atomic E-state index is 13.3. The Balaban J connectivity index is 1.65. The van der Waals surface area contributed by atoms with E-state index in [1.165, 1.54) is 29.7 Å². The zero-order chi connectivity index (χ0) is 21.0. The molecule has 1 aliphatic heterocycles.